The molecule has 0 heterocycles. The fraction of sp³-hybridized carbons (Fsp3) is 0.250. The highest BCUT2D eigenvalue weighted by molar-refractivity contribution is 6.30. The highest BCUT2D eigenvalue weighted by atomic mass is 35.5. The van der Waals surface area contributed by atoms with Gasteiger partial charge in [0.25, 0.3) is 0 Å². The van der Waals surface area contributed by atoms with Crippen molar-refractivity contribution in [2.75, 3.05) is 0 Å². The summed E-state index contributed by atoms with van der Waals surface area (Å²) in [6, 6.07) is 10.3. The lowest BCUT2D eigenvalue weighted by atomic mass is 9.96. The minimum Gasteiger partial charge on any atom is -0.388 e. The second kappa shape index (κ2) is 5.72. The molecule has 0 saturated carbocycles. The number of aliphatic hydroxyl groups is 1. The average molecular weight is 279 g/mol. The summed E-state index contributed by atoms with van der Waals surface area (Å²) < 4.78 is 13.7. The quantitative estimate of drug-likeness (QED) is 0.884. The number of rotatable bonds is 3. The van der Waals surface area contributed by atoms with Crippen LogP contribution in [0.15, 0.2) is 36.4 Å². The van der Waals surface area contributed by atoms with Gasteiger partial charge in [-0.3, -0.25) is 0 Å². The maximum Gasteiger partial charge on any atom is 0.129 e. The summed E-state index contributed by atoms with van der Waals surface area (Å²) >= 11 is 5.84. The largest absolute Gasteiger partial charge is 0.388 e. The maximum absolute atomic E-state index is 13.7. The van der Waals surface area contributed by atoms with Crippen molar-refractivity contribution in [3.63, 3.8) is 0 Å². The Balaban J connectivity index is 2.27. The second-order valence-corrected chi connectivity index (χ2v) is 5.25. The Bertz CT molecular complexity index is 595. The molecule has 100 valence electrons. The van der Waals surface area contributed by atoms with E-state index >= 15 is 0 Å². The molecule has 0 fully saturated rings. The van der Waals surface area contributed by atoms with Gasteiger partial charge in [0.2, 0.25) is 0 Å². The molecular weight excluding hydrogens is 263 g/mol. The van der Waals surface area contributed by atoms with E-state index in [4.69, 9.17) is 11.6 Å². The van der Waals surface area contributed by atoms with Crippen LogP contribution in [0.5, 0.6) is 0 Å². The lowest BCUT2D eigenvalue weighted by Crippen LogP contribution is -2.06. The standard InChI is InChI=1S/C16H16ClFO/c1-10-3-4-11(2)12(7-10)8-16(19)14-9-13(17)5-6-15(14)18/h3-7,9,16,19H,8H2,1-2H3. The summed E-state index contributed by atoms with van der Waals surface area (Å²) in [5.74, 6) is -0.429. The molecule has 0 bridgehead atoms. The summed E-state index contributed by atoms with van der Waals surface area (Å²) in [4.78, 5) is 0. The van der Waals surface area contributed by atoms with Gasteiger partial charge in [-0.15, -0.1) is 0 Å². The van der Waals surface area contributed by atoms with Gasteiger partial charge in [-0.2, -0.15) is 0 Å². The zero-order valence-electron chi connectivity index (χ0n) is 11.0. The zero-order valence-corrected chi connectivity index (χ0v) is 11.7. The molecule has 0 aliphatic carbocycles. The van der Waals surface area contributed by atoms with Gasteiger partial charge in [0.05, 0.1) is 6.10 Å². The SMILES string of the molecule is Cc1ccc(C)c(CC(O)c2cc(Cl)ccc2F)c1. The van der Waals surface area contributed by atoms with Crippen LogP contribution in [0.25, 0.3) is 0 Å². The van der Waals surface area contributed by atoms with Gasteiger partial charge in [-0.05, 0) is 43.2 Å². The van der Waals surface area contributed by atoms with Crippen molar-refractivity contribution in [3.8, 4) is 0 Å². The molecule has 19 heavy (non-hydrogen) atoms. The third-order valence-electron chi connectivity index (χ3n) is 3.23. The molecule has 1 atom stereocenters. The van der Waals surface area contributed by atoms with Gasteiger partial charge in [-0.1, -0.05) is 35.4 Å². The van der Waals surface area contributed by atoms with Crippen molar-refractivity contribution in [2.24, 2.45) is 0 Å². The molecule has 0 spiro atoms. The number of halogens is 2. The highest BCUT2D eigenvalue weighted by Gasteiger charge is 2.15. The molecule has 1 N–H and O–H groups in total. The molecule has 2 aromatic carbocycles. The van der Waals surface area contributed by atoms with Crippen LogP contribution in [-0.4, -0.2) is 5.11 Å². The number of hydrogen-bond donors (Lipinski definition) is 1. The average Bonchev–Trinajstić information content (AvgIpc) is 2.36. The summed E-state index contributed by atoms with van der Waals surface area (Å²) in [6.07, 6.45) is -0.510. The molecular formula is C16H16ClFO. The topological polar surface area (TPSA) is 20.2 Å². The molecule has 0 aliphatic heterocycles. The third-order valence-corrected chi connectivity index (χ3v) is 3.47. The molecule has 0 aromatic heterocycles. The first kappa shape index (κ1) is 14.0. The van der Waals surface area contributed by atoms with Crippen molar-refractivity contribution < 1.29 is 9.50 Å². The first-order valence-electron chi connectivity index (χ1n) is 6.16. The van der Waals surface area contributed by atoms with Crippen molar-refractivity contribution in [1.82, 2.24) is 0 Å². The Morgan fingerprint density at radius 1 is 1.16 bits per heavy atom. The first-order chi connectivity index (χ1) is 8.97. The maximum atomic E-state index is 13.7. The van der Waals surface area contributed by atoms with E-state index in [1.54, 1.807) is 0 Å². The Morgan fingerprint density at radius 2 is 1.89 bits per heavy atom. The normalized spacial score (nSPS) is 12.5. The molecule has 0 amide bonds. The Kier molecular flexibility index (Phi) is 4.23. The molecule has 2 rings (SSSR count). The number of hydrogen-bond acceptors (Lipinski definition) is 1. The van der Waals surface area contributed by atoms with Crippen LogP contribution in [0.3, 0.4) is 0 Å². The zero-order chi connectivity index (χ0) is 14.0. The van der Waals surface area contributed by atoms with Crippen LogP contribution >= 0.6 is 11.6 Å². The predicted molar refractivity (Wildman–Crippen MR) is 76.0 cm³/mol. The van der Waals surface area contributed by atoms with Gasteiger partial charge in [0.15, 0.2) is 0 Å². The third kappa shape index (κ3) is 3.34. The van der Waals surface area contributed by atoms with Crippen molar-refractivity contribution in [1.29, 1.82) is 0 Å². The lowest BCUT2D eigenvalue weighted by Gasteiger charge is -2.14. The Morgan fingerprint density at radius 3 is 2.63 bits per heavy atom. The van der Waals surface area contributed by atoms with E-state index in [2.05, 4.69) is 0 Å². The molecule has 3 heteroatoms. The summed E-state index contributed by atoms with van der Waals surface area (Å²) in [5, 5.41) is 10.6. The van der Waals surface area contributed by atoms with E-state index in [-0.39, 0.29) is 5.56 Å². The predicted octanol–water partition coefficient (Wildman–Crippen LogP) is 4.37. The van der Waals surface area contributed by atoms with Crippen LogP contribution in [0.2, 0.25) is 5.02 Å². The molecule has 1 unspecified atom stereocenters. The number of aryl methyl sites for hydroxylation is 2. The van der Waals surface area contributed by atoms with Crippen molar-refractivity contribution in [3.05, 3.63) is 69.5 Å². The molecule has 0 radical (unpaired) electrons. The van der Waals surface area contributed by atoms with Crippen LogP contribution in [0, 0.1) is 19.7 Å². The van der Waals surface area contributed by atoms with Crippen LogP contribution in [0.1, 0.15) is 28.4 Å². The highest BCUT2D eigenvalue weighted by Crippen LogP contribution is 2.25. The smallest absolute Gasteiger partial charge is 0.129 e. The minimum atomic E-state index is -0.890. The fourth-order valence-corrected chi connectivity index (χ4v) is 2.29. The first-order valence-corrected chi connectivity index (χ1v) is 6.54. The van der Waals surface area contributed by atoms with Crippen LogP contribution in [0.4, 0.5) is 4.39 Å². The summed E-state index contributed by atoms with van der Waals surface area (Å²) in [6.45, 7) is 3.98. The molecule has 0 saturated heterocycles. The second-order valence-electron chi connectivity index (χ2n) is 4.82. The number of benzene rings is 2. The van der Waals surface area contributed by atoms with E-state index in [9.17, 15) is 9.50 Å². The fourth-order valence-electron chi connectivity index (χ4n) is 2.11. The van der Waals surface area contributed by atoms with Gasteiger partial charge in [-0.25, -0.2) is 4.39 Å². The summed E-state index contributed by atoms with van der Waals surface area (Å²) in [7, 11) is 0. The number of aliphatic hydroxyl groups excluding tert-OH is 1. The molecule has 1 nitrogen and oxygen atoms in total. The lowest BCUT2D eigenvalue weighted by molar-refractivity contribution is 0.173. The van der Waals surface area contributed by atoms with E-state index in [1.165, 1.54) is 18.2 Å². The van der Waals surface area contributed by atoms with E-state index in [1.807, 2.05) is 32.0 Å². The monoisotopic (exact) mass is 278 g/mol. The van der Waals surface area contributed by atoms with Gasteiger partial charge < -0.3 is 5.11 Å². The van der Waals surface area contributed by atoms with Crippen molar-refractivity contribution >= 4 is 11.6 Å². The Labute approximate surface area is 117 Å². The minimum absolute atomic E-state index is 0.244. The van der Waals surface area contributed by atoms with E-state index < -0.39 is 11.9 Å². The Hall–Kier alpha value is -1.38. The van der Waals surface area contributed by atoms with E-state index in [0.29, 0.717) is 11.4 Å². The van der Waals surface area contributed by atoms with Gasteiger partial charge in [0, 0.05) is 17.0 Å². The van der Waals surface area contributed by atoms with Gasteiger partial charge >= 0.3 is 0 Å². The van der Waals surface area contributed by atoms with Crippen LogP contribution in [-0.2, 0) is 6.42 Å². The molecule has 0 aliphatic rings. The van der Waals surface area contributed by atoms with Gasteiger partial charge in [0.1, 0.15) is 5.82 Å². The summed E-state index contributed by atoms with van der Waals surface area (Å²) in [5.41, 5.74) is 3.48. The van der Waals surface area contributed by atoms with Crippen LogP contribution < -0.4 is 0 Å². The van der Waals surface area contributed by atoms with E-state index in [0.717, 1.165) is 16.7 Å². The molecule has 2 aromatic rings. The van der Waals surface area contributed by atoms with Crippen molar-refractivity contribution in [2.45, 2.75) is 26.4 Å².